The van der Waals surface area contributed by atoms with E-state index < -0.39 is 17.6 Å². The third kappa shape index (κ3) is 7.51. The minimum absolute atomic E-state index is 0.598. The molecule has 0 unspecified atom stereocenters. The third-order valence-corrected chi connectivity index (χ3v) is 8.49. The molecule has 0 bridgehead atoms. The number of benzene rings is 1. The fourth-order valence-electron chi connectivity index (χ4n) is 2.09. The standard InChI is InChI=1S/C12H20O3Si.C5H12O3Si/c1-4-13-16(14-5-2,15-6-3)12-10-8-7-9-11-12;1-5-9(6-2,7-3)8-4/h7-11H,4-6H2,1-3H3;5H,1H2,2-4H3. The lowest BCUT2D eigenvalue weighted by atomic mass is 10.4. The van der Waals surface area contributed by atoms with Crippen molar-refractivity contribution in [1.29, 1.82) is 0 Å². The van der Waals surface area contributed by atoms with Crippen molar-refractivity contribution in [2.45, 2.75) is 20.8 Å². The summed E-state index contributed by atoms with van der Waals surface area (Å²) in [6, 6.07) is 9.95. The Morgan fingerprint density at radius 1 is 0.800 bits per heavy atom. The highest BCUT2D eigenvalue weighted by molar-refractivity contribution is 6.75. The van der Waals surface area contributed by atoms with Crippen LogP contribution in [0.2, 0.25) is 0 Å². The smallest absolute Gasteiger partial charge is 0.374 e. The van der Waals surface area contributed by atoms with E-state index >= 15 is 0 Å². The summed E-state index contributed by atoms with van der Waals surface area (Å²) in [5.41, 5.74) is 1.58. The summed E-state index contributed by atoms with van der Waals surface area (Å²) in [6.07, 6.45) is 0. The lowest BCUT2D eigenvalue weighted by Gasteiger charge is -2.28. The molecule has 1 aromatic carbocycles. The molecule has 0 radical (unpaired) electrons. The molecule has 0 aliphatic rings. The van der Waals surface area contributed by atoms with Gasteiger partial charge in [0.05, 0.1) is 0 Å². The van der Waals surface area contributed by atoms with Crippen LogP contribution in [0.5, 0.6) is 0 Å². The zero-order valence-electron chi connectivity index (χ0n) is 16.2. The maximum absolute atomic E-state index is 5.79. The molecular weight excluding hydrogens is 356 g/mol. The number of hydrogen-bond donors (Lipinski definition) is 0. The largest absolute Gasteiger partial charge is 0.537 e. The molecular formula is C17H32O6Si2. The molecule has 0 saturated heterocycles. The van der Waals surface area contributed by atoms with E-state index in [0.29, 0.717) is 19.8 Å². The van der Waals surface area contributed by atoms with Gasteiger partial charge in [-0.05, 0) is 26.5 Å². The van der Waals surface area contributed by atoms with Crippen LogP contribution in [0.4, 0.5) is 0 Å². The molecule has 0 spiro atoms. The highest BCUT2D eigenvalue weighted by Gasteiger charge is 2.42. The topological polar surface area (TPSA) is 55.4 Å². The fraction of sp³-hybridized carbons (Fsp3) is 0.529. The van der Waals surface area contributed by atoms with Crippen molar-refractivity contribution in [2.24, 2.45) is 0 Å². The predicted molar refractivity (Wildman–Crippen MR) is 104 cm³/mol. The van der Waals surface area contributed by atoms with Gasteiger partial charge in [-0.3, -0.25) is 0 Å². The van der Waals surface area contributed by atoms with Crippen LogP contribution in [0.25, 0.3) is 0 Å². The minimum atomic E-state index is -2.67. The lowest BCUT2D eigenvalue weighted by molar-refractivity contribution is 0.0859. The average Bonchev–Trinajstić information content (AvgIpc) is 2.66. The molecule has 0 aliphatic carbocycles. The first-order valence-electron chi connectivity index (χ1n) is 8.29. The van der Waals surface area contributed by atoms with Crippen molar-refractivity contribution in [3.05, 3.63) is 42.6 Å². The molecule has 0 saturated carbocycles. The summed E-state index contributed by atoms with van der Waals surface area (Å²) in [4.78, 5) is 0. The van der Waals surface area contributed by atoms with Crippen LogP contribution in [0, 0.1) is 0 Å². The SMILES string of the molecule is C=C[Si](OC)(OC)OC.CCO[Si](OCC)(OCC)c1ccccc1. The van der Waals surface area contributed by atoms with Crippen LogP contribution in [0.3, 0.4) is 0 Å². The number of hydrogen-bond acceptors (Lipinski definition) is 6. The van der Waals surface area contributed by atoms with Gasteiger partial charge < -0.3 is 26.6 Å². The molecule has 6 nitrogen and oxygen atoms in total. The zero-order valence-corrected chi connectivity index (χ0v) is 18.2. The zero-order chi connectivity index (χ0) is 19.2. The maximum Gasteiger partial charge on any atom is 0.537 e. The maximum atomic E-state index is 5.79. The van der Waals surface area contributed by atoms with E-state index in [-0.39, 0.29) is 0 Å². The molecule has 0 aliphatic heterocycles. The third-order valence-electron chi connectivity index (χ3n) is 3.23. The van der Waals surface area contributed by atoms with Crippen LogP contribution in [0.1, 0.15) is 20.8 Å². The summed E-state index contributed by atoms with van der Waals surface area (Å²) in [6.45, 7) is 11.2. The second kappa shape index (κ2) is 13.4. The van der Waals surface area contributed by atoms with Gasteiger partial charge in [0, 0.05) is 46.3 Å². The first kappa shape index (κ1) is 24.2. The van der Waals surface area contributed by atoms with Gasteiger partial charge in [0.1, 0.15) is 0 Å². The Labute approximate surface area is 154 Å². The summed E-state index contributed by atoms with van der Waals surface area (Å²) >= 11 is 0. The van der Waals surface area contributed by atoms with Crippen molar-refractivity contribution in [3.63, 3.8) is 0 Å². The lowest BCUT2D eigenvalue weighted by Crippen LogP contribution is -2.56. The van der Waals surface area contributed by atoms with Gasteiger partial charge in [-0.1, -0.05) is 36.9 Å². The Bertz CT molecular complexity index is 428. The van der Waals surface area contributed by atoms with Gasteiger partial charge >= 0.3 is 17.6 Å². The molecule has 25 heavy (non-hydrogen) atoms. The highest BCUT2D eigenvalue weighted by Crippen LogP contribution is 2.10. The Morgan fingerprint density at radius 2 is 1.20 bits per heavy atom. The number of rotatable bonds is 11. The molecule has 0 atom stereocenters. The Hall–Kier alpha value is -0.846. The van der Waals surface area contributed by atoms with Crippen molar-refractivity contribution in [3.8, 4) is 0 Å². The van der Waals surface area contributed by atoms with Gasteiger partial charge in [-0.25, -0.2) is 0 Å². The van der Waals surface area contributed by atoms with Gasteiger partial charge in [-0.15, -0.1) is 0 Å². The van der Waals surface area contributed by atoms with E-state index in [0.717, 1.165) is 5.19 Å². The van der Waals surface area contributed by atoms with Crippen LogP contribution < -0.4 is 5.19 Å². The second-order valence-corrected chi connectivity index (χ2v) is 10.0. The van der Waals surface area contributed by atoms with E-state index in [2.05, 4.69) is 6.58 Å². The molecule has 0 amide bonds. The van der Waals surface area contributed by atoms with Gasteiger partial charge in [0.25, 0.3) is 0 Å². The van der Waals surface area contributed by atoms with Crippen LogP contribution in [-0.2, 0) is 26.6 Å². The Balaban J connectivity index is 0.000000547. The second-order valence-electron chi connectivity index (χ2n) is 4.64. The first-order chi connectivity index (χ1) is 12.0. The van der Waals surface area contributed by atoms with E-state index in [4.69, 9.17) is 26.6 Å². The fourth-order valence-corrected chi connectivity index (χ4v) is 5.58. The van der Waals surface area contributed by atoms with Gasteiger partial charge in [-0.2, -0.15) is 0 Å². The molecule has 1 aromatic rings. The summed E-state index contributed by atoms with van der Waals surface area (Å²) in [5, 5.41) is 1.03. The summed E-state index contributed by atoms with van der Waals surface area (Å²) in [5.74, 6) is 0. The van der Waals surface area contributed by atoms with Crippen molar-refractivity contribution < 1.29 is 26.6 Å². The van der Waals surface area contributed by atoms with Crippen molar-refractivity contribution >= 4 is 22.8 Å². The minimum Gasteiger partial charge on any atom is -0.374 e. The van der Waals surface area contributed by atoms with E-state index in [1.165, 1.54) is 0 Å². The average molecular weight is 389 g/mol. The van der Waals surface area contributed by atoms with Crippen molar-refractivity contribution in [1.82, 2.24) is 0 Å². The molecule has 8 heteroatoms. The normalized spacial score (nSPS) is 11.6. The molecule has 0 fully saturated rings. The van der Waals surface area contributed by atoms with Crippen LogP contribution in [0.15, 0.2) is 42.6 Å². The quantitative estimate of drug-likeness (QED) is 0.543. The summed E-state index contributed by atoms with van der Waals surface area (Å²) in [7, 11) is -0.471. The highest BCUT2D eigenvalue weighted by atomic mass is 28.4. The molecule has 1 rings (SSSR count). The van der Waals surface area contributed by atoms with E-state index in [1.54, 1.807) is 27.0 Å². The monoisotopic (exact) mass is 388 g/mol. The van der Waals surface area contributed by atoms with Gasteiger partial charge in [0.15, 0.2) is 0 Å². The molecule has 144 valence electrons. The van der Waals surface area contributed by atoms with Gasteiger partial charge in [0.2, 0.25) is 0 Å². The Kier molecular flexibility index (Phi) is 12.9. The Morgan fingerprint density at radius 3 is 1.44 bits per heavy atom. The van der Waals surface area contributed by atoms with Crippen LogP contribution >= 0.6 is 0 Å². The summed E-state index contributed by atoms with van der Waals surface area (Å²) < 4.78 is 32.3. The molecule has 0 aromatic heterocycles. The van der Waals surface area contributed by atoms with E-state index in [9.17, 15) is 0 Å². The predicted octanol–water partition coefficient (Wildman–Crippen LogP) is 2.53. The van der Waals surface area contributed by atoms with Crippen molar-refractivity contribution in [2.75, 3.05) is 41.2 Å². The van der Waals surface area contributed by atoms with E-state index in [1.807, 2.05) is 51.1 Å². The first-order valence-corrected chi connectivity index (χ1v) is 11.8. The van der Waals surface area contributed by atoms with Crippen LogP contribution in [-0.4, -0.2) is 58.8 Å². The molecule has 0 heterocycles. The molecule has 0 N–H and O–H groups in total.